The summed E-state index contributed by atoms with van der Waals surface area (Å²) in [5.41, 5.74) is -0.404. The number of rotatable bonds is 4. The maximum absolute atomic E-state index is 12.6. The van der Waals surface area contributed by atoms with Crippen LogP contribution >= 0.6 is 34.8 Å². The molecule has 0 aliphatic heterocycles. The van der Waals surface area contributed by atoms with E-state index in [2.05, 4.69) is 5.32 Å². The Morgan fingerprint density at radius 3 is 2.38 bits per heavy atom. The lowest BCUT2D eigenvalue weighted by molar-refractivity contribution is -0.137. The van der Waals surface area contributed by atoms with E-state index in [1.165, 1.54) is 19.3 Å². The van der Waals surface area contributed by atoms with Crippen molar-refractivity contribution in [2.45, 2.75) is 6.18 Å². The maximum Gasteiger partial charge on any atom is 0.416 e. The molecule has 0 unspecified atom stereocenters. The lowest BCUT2D eigenvalue weighted by Gasteiger charge is -2.10. The zero-order chi connectivity index (χ0) is 19.5. The fraction of sp³-hybridized carbons (Fsp3) is 0.118. The monoisotopic (exact) mass is 423 g/mol. The Morgan fingerprint density at radius 1 is 1.12 bits per heavy atom. The Morgan fingerprint density at radius 2 is 1.81 bits per heavy atom. The van der Waals surface area contributed by atoms with E-state index < -0.39 is 17.6 Å². The molecule has 0 aromatic heterocycles. The van der Waals surface area contributed by atoms with E-state index in [9.17, 15) is 18.0 Å². The molecular formula is C17H11Cl3F3NO2. The van der Waals surface area contributed by atoms with Gasteiger partial charge in [0.2, 0.25) is 5.91 Å². The fourth-order valence-electron chi connectivity index (χ4n) is 2.05. The van der Waals surface area contributed by atoms with E-state index >= 15 is 0 Å². The van der Waals surface area contributed by atoms with Crippen molar-refractivity contribution in [3.8, 4) is 5.75 Å². The van der Waals surface area contributed by atoms with Crippen molar-refractivity contribution < 1.29 is 22.7 Å². The second kappa shape index (κ2) is 8.20. The molecule has 26 heavy (non-hydrogen) atoms. The number of hydrogen-bond acceptors (Lipinski definition) is 2. The summed E-state index contributed by atoms with van der Waals surface area (Å²) >= 11 is 17.7. The molecule has 9 heteroatoms. The Kier molecular flexibility index (Phi) is 6.44. The molecule has 2 rings (SSSR count). The van der Waals surface area contributed by atoms with E-state index in [1.54, 1.807) is 6.07 Å². The van der Waals surface area contributed by atoms with Crippen molar-refractivity contribution in [3.63, 3.8) is 0 Å². The second-order valence-electron chi connectivity index (χ2n) is 5.03. The summed E-state index contributed by atoms with van der Waals surface area (Å²) in [6, 6.07) is 5.67. The molecule has 3 nitrogen and oxygen atoms in total. The Labute approximate surface area is 162 Å². The number of carbonyl (C=O) groups excluding carboxylic acids is 1. The van der Waals surface area contributed by atoms with Gasteiger partial charge in [-0.1, -0.05) is 34.8 Å². The van der Waals surface area contributed by atoms with Gasteiger partial charge in [-0.25, -0.2) is 0 Å². The summed E-state index contributed by atoms with van der Waals surface area (Å²) < 4.78 is 43.0. The first-order valence-corrected chi connectivity index (χ1v) is 8.14. The standard InChI is InChI=1S/C17H11Cl3F3NO2/c1-26-16-9(6-11(18)8-13(16)20)2-5-15(25)24-14-4-3-10(7-12(14)19)17(21,22)23/h2-8H,1H3,(H,24,25)/b5-2+. The summed E-state index contributed by atoms with van der Waals surface area (Å²) in [5, 5.41) is 2.78. The zero-order valence-corrected chi connectivity index (χ0v) is 15.4. The van der Waals surface area contributed by atoms with E-state index in [0.29, 0.717) is 16.3 Å². The topological polar surface area (TPSA) is 38.3 Å². The van der Waals surface area contributed by atoms with E-state index in [0.717, 1.165) is 24.3 Å². The molecular weight excluding hydrogens is 414 g/mol. The van der Waals surface area contributed by atoms with Crippen molar-refractivity contribution in [1.29, 1.82) is 0 Å². The number of alkyl halides is 3. The summed E-state index contributed by atoms with van der Waals surface area (Å²) in [6.07, 6.45) is -1.96. The van der Waals surface area contributed by atoms with Crippen LogP contribution in [-0.2, 0) is 11.0 Å². The minimum Gasteiger partial charge on any atom is -0.495 e. The molecule has 0 aliphatic rings. The van der Waals surface area contributed by atoms with Gasteiger partial charge in [-0.15, -0.1) is 0 Å². The molecule has 0 atom stereocenters. The number of methoxy groups -OCH3 is 1. The molecule has 1 amide bonds. The van der Waals surface area contributed by atoms with Gasteiger partial charge >= 0.3 is 6.18 Å². The van der Waals surface area contributed by atoms with Crippen LogP contribution in [0.3, 0.4) is 0 Å². The largest absolute Gasteiger partial charge is 0.495 e. The van der Waals surface area contributed by atoms with Crippen LogP contribution in [0.15, 0.2) is 36.4 Å². The number of anilines is 1. The number of hydrogen-bond donors (Lipinski definition) is 1. The normalized spacial score (nSPS) is 11.7. The minimum absolute atomic E-state index is 0.0467. The van der Waals surface area contributed by atoms with Crippen molar-refractivity contribution in [1.82, 2.24) is 0 Å². The number of ether oxygens (including phenoxy) is 1. The third kappa shape index (κ3) is 5.06. The molecule has 2 aromatic carbocycles. The Hall–Kier alpha value is -1.89. The highest BCUT2D eigenvalue weighted by Gasteiger charge is 2.30. The van der Waals surface area contributed by atoms with Gasteiger partial charge in [0, 0.05) is 16.7 Å². The van der Waals surface area contributed by atoms with Gasteiger partial charge in [0.15, 0.2) is 0 Å². The number of carbonyl (C=O) groups is 1. The van der Waals surface area contributed by atoms with Crippen LogP contribution in [0.4, 0.5) is 18.9 Å². The van der Waals surface area contributed by atoms with Crippen LogP contribution < -0.4 is 10.1 Å². The molecule has 0 saturated heterocycles. The average Bonchev–Trinajstić information content (AvgIpc) is 2.53. The van der Waals surface area contributed by atoms with Crippen molar-refractivity contribution in [3.05, 3.63) is 62.6 Å². The van der Waals surface area contributed by atoms with Crippen molar-refractivity contribution >= 4 is 52.5 Å². The van der Waals surface area contributed by atoms with Crippen LogP contribution in [0.2, 0.25) is 15.1 Å². The summed E-state index contributed by atoms with van der Waals surface area (Å²) in [6.45, 7) is 0. The SMILES string of the molecule is COc1c(Cl)cc(Cl)cc1/C=C/C(=O)Nc1ccc(C(F)(F)F)cc1Cl. The van der Waals surface area contributed by atoms with E-state index in [-0.39, 0.29) is 15.7 Å². The molecule has 0 saturated carbocycles. The molecule has 2 aromatic rings. The number of amides is 1. The first-order chi connectivity index (χ1) is 12.1. The first kappa shape index (κ1) is 20.4. The van der Waals surface area contributed by atoms with Gasteiger partial charge in [-0.05, 0) is 36.4 Å². The van der Waals surface area contributed by atoms with Crippen LogP contribution in [0.1, 0.15) is 11.1 Å². The van der Waals surface area contributed by atoms with Gasteiger partial charge in [0.1, 0.15) is 5.75 Å². The van der Waals surface area contributed by atoms with E-state index in [1.807, 2.05) is 0 Å². The highest BCUT2D eigenvalue weighted by atomic mass is 35.5. The minimum atomic E-state index is -4.52. The van der Waals surface area contributed by atoms with Crippen LogP contribution in [0.25, 0.3) is 6.08 Å². The third-order valence-electron chi connectivity index (χ3n) is 3.21. The van der Waals surface area contributed by atoms with Gasteiger partial charge in [0.25, 0.3) is 0 Å². The molecule has 0 heterocycles. The Balaban J connectivity index is 2.18. The summed E-state index contributed by atoms with van der Waals surface area (Å²) in [4.78, 5) is 12.0. The smallest absolute Gasteiger partial charge is 0.416 e. The summed E-state index contributed by atoms with van der Waals surface area (Å²) in [5.74, 6) is -0.280. The predicted molar refractivity (Wildman–Crippen MR) is 97.1 cm³/mol. The van der Waals surface area contributed by atoms with Gasteiger partial charge < -0.3 is 10.1 Å². The molecule has 1 N–H and O–H groups in total. The lowest BCUT2D eigenvalue weighted by atomic mass is 10.1. The van der Waals surface area contributed by atoms with Crippen LogP contribution in [0.5, 0.6) is 5.75 Å². The third-order valence-corrected chi connectivity index (χ3v) is 4.02. The molecule has 0 radical (unpaired) electrons. The highest BCUT2D eigenvalue weighted by molar-refractivity contribution is 6.36. The van der Waals surface area contributed by atoms with Gasteiger partial charge in [-0.2, -0.15) is 13.2 Å². The zero-order valence-electron chi connectivity index (χ0n) is 13.1. The maximum atomic E-state index is 12.6. The average molecular weight is 425 g/mol. The highest BCUT2D eigenvalue weighted by Crippen LogP contribution is 2.34. The second-order valence-corrected chi connectivity index (χ2v) is 6.28. The van der Waals surface area contributed by atoms with Crippen molar-refractivity contribution in [2.75, 3.05) is 12.4 Å². The Bertz CT molecular complexity index is 867. The summed E-state index contributed by atoms with van der Waals surface area (Å²) in [7, 11) is 1.41. The van der Waals surface area contributed by atoms with Gasteiger partial charge in [0.05, 0.1) is 28.4 Å². The fourth-order valence-corrected chi connectivity index (χ4v) is 2.87. The van der Waals surface area contributed by atoms with Crippen LogP contribution in [0, 0.1) is 0 Å². The van der Waals surface area contributed by atoms with Crippen molar-refractivity contribution in [2.24, 2.45) is 0 Å². The van der Waals surface area contributed by atoms with Gasteiger partial charge in [-0.3, -0.25) is 4.79 Å². The lowest BCUT2D eigenvalue weighted by Crippen LogP contribution is -2.10. The molecule has 0 fully saturated rings. The first-order valence-electron chi connectivity index (χ1n) is 7.00. The van der Waals surface area contributed by atoms with E-state index in [4.69, 9.17) is 39.5 Å². The number of nitrogens with one attached hydrogen (secondary N) is 1. The predicted octanol–water partition coefficient (Wildman–Crippen LogP) is 6.33. The number of halogens is 6. The molecule has 0 aliphatic carbocycles. The quantitative estimate of drug-likeness (QED) is 0.583. The molecule has 0 bridgehead atoms. The molecule has 0 spiro atoms. The van der Waals surface area contributed by atoms with Crippen LogP contribution in [-0.4, -0.2) is 13.0 Å². The number of benzene rings is 2. The molecule has 138 valence electrons.